The minimum Gasteiger partial charge on any atom is -0.349 e. The van der Waals surface area contributed by atoms with E-state index in [1.807, 2.05) is 0 Å². The lowest BCUT2D eigenvalue weighted by Gasteiger charge is -2.28. The number of carbonyl (C=O) groups excluding carboxylic acids is 2. The fraction of sp³-hybridized carbons (Fsp3) is 0.333. The molecule has 7 heteroatoms. The highest BCUT2D eigenvalue weighted by atomic mass is 35.5. The van der Waals surface area contributed by atoms with E-state index < -0.39 is 6.04 Å². The molecule has 1 aromatic carbocycles. The predicted molar refractivity (Wildman–Crippen MR) is 84.7 cm³/mol. The molecule has 5 nitrogen and oxygen atoms in total. The van der Waals surface area contributed by atoms with Gasteiger partial charge in [-0.2, -0.15) is 0 Å². The van der Waals surface area contributed by atoms with Gasteiger partial charge in [0.25, 0.3) is 5.91 Å². The van der Waals surface area contributed by atoms with Gasteiger partial charge in [0.2, 0.25) is 0 Å². The van der Waals surface area contributed by atoms with Gasteiger partial charge >= 0.3 is 6.03 Å². The second-order valence-electron chi connectivity index (χ2n) is 5.49. The van der Waals surface area contributed by atoms with Crippen LogP contribution in [-0.2, 0) is 4.79 Å². The van der Waals surface area contributed by atoms with E-state index in [9.17, 15) is 9.59 Å². The Bertz CT molecular complexity index is 683. The zero-order valence-corrected chi connectivity index (χ0v) is 13.4. The van der Waals surface area contributed by atoms with Crippen molar-refractivity contribution in [3.63, 3.8) is 0 Å². The van der Waals surface area contributed by atoms with Crippen LogP contribution in [-0.4, -0.2) is 18.0 Å². The Morgan fingerprint density at radius 1 is 1.27 bits per heavy atom. The molecular formula is C15H15Cl2N3O2. The topological polar surface area (TPSA) is 70.2 Å². The number of allylic oxidation sites excluding steroid dienone is 1. The van der Waals surface area contributed by atoms with Gasteiger partial charge in [0, 0.05) is 11.7 Å². The Morgan fingerprint density at radius 2 is 2.00 bits per heavy atom. The smallest absolute Gasteiger partial charge is 0.319 e. The molecule has 2 aliphatic rings. The molecule has 0 saturated heterocycles. The van der Waals surface area contributed by atoms with Crippen LogP contribution in [0.4, 0.5) is 4.79 Å². The highest BCUT2D eigenvalue weighted by Gasteiger charge is 2.34. The summed E-state index contributed by atoms with van der Waals surface area (Å²) >= 11 is 12.0. The highest BCUT2D eigenvalue weighted by molar-refractivity contribution is 6.42. The molecule has 3 N–H and O–H groups in total. The van der Waals surface area contributed by atoms with E-state index in [1.165, 1.54) is 0 Å². The molecule has 1 aliphatic carbocycles. The summed E-state index contributed by atoms with van der Waals surface area (Å²) in [5.74, 6) is -0.177. The number of hydrogen-bond acceptors (Lipinski definition) is 2. The number of rotatable bonds is 3. The van der Waals surface area contributed by atoms with Gasteiger partial charge in [-0.15, -0.1) is 0 Å². The van der Waals surface area contributed by atoms with Crippen molar-refractivity contribution in [1.82, 2.24) is 16.0 Å². The van der Waals surface area contributed by atoms with Crippen molar-refractivity contribution in [1.29, 1.82) is 0 Å². The second-order valence-corrected chi connectivity index (χ2v) is 6.31. The minimum absolute atomic E-state index is 0.177. The van der Waals surface area contributed by atoms with Crippen LogP contribution in [0.3, 0.4) is 0 Å². The van der Waals surface area contributed by atoms with Crippen LogP contribution < -0.4 is 16.0 Å². The normalized spacial score (nSPS) is 21.2. The van der Waals surface area contributed by atoms with Gasteiger partial charge in [-0.05, 0) is 37.5 Å². The van der Waals surface area contributed by atoms with Crippen molar-refractivity contribution < 1.29 is 9.59 Å². The van der Waals surface area contributed by atoms with Gasteiger partial charge in [0.15, 0.2) is 0 Å². The molecule has 22 heavy (non-hydrogen) atoms. The maximum Gasteiger partial charge on any atom is 0.319 e. The molecule has 1 aliphatic heterocycles. The molecule has 3 rings (SSSR count). The molecule has 1 aromatic rings. The quantitative estimate of drug-likeness (QED) is 0.792. The minimum atomic E-state index is -0.553. The van der Waals surface area contributed by atoms with E-state index in [2.05, 4.69) is 16.0 Å². The number of benzene rings is 1. The summed E-state index contributed by atoms with van der Waals surface area (Å²) in [4.78, 5) is 24.2. The number of amides is 3. The largest absolute Gasteiger partial charge is 0.349 e. The third-order valence-corrected chi connectivity index (χ3v) is 4.44. The third kappa shape index (κ3) is 3.05. The molecule has 1 heterocycles. The molecule has 1 saturated carbocycles. The molecule has 1 atom stereocenters. The summed E-state index contributed by atoms with van der Waals surface area (Å²) in [5, 5.41) is 9.16. The Labute approximate surface area is 138 Å². The molecule has 3 amide bonds. The standard InChI is InChI=1S/C15H15Cl2N3O2/c1-7-12(14(21)19-9-3-4-9)13(20-15(22)18-7)8-2-5-10(16)11(17)6-8/h2,5-6,9,13H,3-4H2,1H3,(H,19,21)(H2,18,20,22)/t13-/m0/s1. The van der Waals surface area contributed by atoms with Crippen molar-refractivity contribution >= 4 is 35.1 Å². The fourth-order valence-electron chi connectivity index (χ4n) is 2.43. The first kappa shape index (κ1) is 15.2. The molecular weight excluding hydrogens is 325 g/mol. The summed E-state index contributed by atoms with van der Waals surface area (Å²) in [6, 6.07) is 4.40. The van der Waals surface area contributed by atoms with Gasteiger partial charge in [0.05, 0.1) is 21.7 Å². The zero-order valence-electron chi connectivity index (χ0n) is 11.9. The van der Waals surface area contributed by atoms with Crippen molar-refractivity contribution in [3.05, 3.63) is 45.1 Å². The lowest BCUT2D eigenvalue weighted by atomic mass is 9.95. The number of hydrogen-bond donors (Lipinski definition) is 3. The third-order valence-electron chi connectivity index (χ3n) is 3.70. The van der Waals surface area contributed by atoms with Crippen LogP contribution in [0, 0.1) is 0 Å². The average molecular weight is 340 g/mol. The SMILES string of the molecule is CC1=C(C(=O)NC2CC2)[C@H](c2ccc(Cl)c(Cl)c2)NC(=O)N1. The lowest BCUT2D eigenvalue weighted by molar-refractivity contribution is -0.118. The summed E-state index contributed by atoms with van der Waals surface area (Å²) in [7, 11) is 0. The summed E-state index contributed by atoms with van der Waals surface area (Å²) in [6.07, 6.45) is 1.99. The van der Waals surface area contributed by atoms with Gasteiger partial charge in [0.1, 0.15) is 0 Å². The monoisotopic (exact) mass is 339 g/mol. The van der Waals surface area contributed by atoms with Gasteiger partial charge in [-0.1, -0.05) is 29.3 Å². The first-order valence-electron chi connectivity index (χ1n) is 7.00. The van der Waals surface area contributed by atoms with E-state index in [0.717, 1.165) is 12.8 Å². The van der Waals surface area contributed by atoms with Crippen molar-refractivity contribution in [2.75, 3.05) is 0 Å². The van der Waals surface area contributed by atoms with Crippen molar-refractivity contribution in [2.45, 2.75) is 31.8 Å². The van der Waals surface area contributed by atoms with Crippen LogP contribution in [0.15, 0.2) is 29.5 Å². The number of halogens is 2. The van der Waals surface area contributed by atoms with Crippen LogP contribution in [0.25, 0.3) is 0 Å². The van der Waals surface area contributed by atoms with Gasteiger partial charge in [-0.25, -0.2) is 4.79 Å². The Balaban J connectivity index is 1.97. The molecule has 0 bridgehead atoms. The molecule has 0 radical (unpaired) electrons. The van der Waals surface area contributed by atoms with Gasteiger partial charge in [-0.3, -0.25) is 4.79 Å². The number of nitrogens with one attached hydrogen (secondary N) is 3. The fourth-order valence-corrected chi connectivity index (χ4v) is 2.73. The number of urea groups is 1. The molecule has 0 aromatic heterocycles. The van der Waals surface area contributed by atoms with Crippen LogP contribution in [0.2, 0.25) is 10.0 Å². The van der Waals surface area contributed by atoms with Crippen LogP contribution in [0.5, 0.6) is 0 Å². The lowest BCUT2D eigenvalue weighted by Crippen LogP contribution is -2.47. The Hall–Kier alpha value is -1.72. The van der Waals surface area contributed by atoms with E-state index in [1.54, 1.807) is 25.1 Å². The summed E-state index contributed by atoms with van der Waals surface area (Å²) in [6.45, 7) is 1.71. The molecule has 0 unspecified atom stereocenters. The van der Waals surface area contributed by atoms with E-state index in [4.69, 9.17) is 23.2 Å². The summed E-state index contributed by atoms with van der Waals surface area (Å²) in [5.41, 5.74) is 1.74. The first-order valence-corrected chi connectivity index (χ1v) is 7.75. The van der Waals surface area contributed by atoms with Crippen LogP contribution >= 0.6 is 23.2 Å². The predicted octanol–water partition coefficient (Wildman–Crippen LogP) is 2.90. The van der Waals surface area contributed by atoms with Gasteiger partial charge < -0.3 is 16.0 Å². The Morgan fingerprint density at radius 3 is 2.64 bits per heavy atom. The first-order chi connectivity index (χ1) is 10.5. The maximum atomic E-state index is 12.5. The average Bonchev–Trinajstić information content (AvgIpc) is 3.24. The Kier molecular flexibility index (Phi) is 4.02. The zero-order chi connectivity index (χ0) is 15.9. The van der Waals surface area contributed by atoms with Crippen molar-refractivity contribution in [3.8, 4) is 0 Å². The number of carbonyl (C=O) groups is 2. The van der Waals surface area contributed by atoms with E-state index in [-0.39, 0.29) is 18.0 Å². The van der Waals surface area contributed by atoms with Crippen molar-refractivity contribution in [2.24, 2.45) is 0 Å². The summed E-state index contributed by atoms with van der Waals surface area (Å²) < 4.78 is 0. The second kappa shape index (κ2) is 5.82. The van der Waals surface area contributed by atoms with Crippen LogP contribution in [0.1, 0.15) is 31.4 Å². The molecule has 116 valence electrons. The van der Waals surface area contributed by atoms with E-state index >= 15 is 0 Å². The van der Waals surface area contributed by atoms with E-state index in [0.29, 0.717) is 26.9 Å². The highest BCUT2D eigenvalue weighted by Crippen LogP contribution is 2.32. The molecule has 1 fully saturated rings. The maximum absolute atomic E-state index is 12.5. The molecule has 0 spiro atoms.